The third kappa shape index (κ3) is 1.11. The van der Waals surface area contributed by atoms with E-state index < -0.39 is 0 Å². The number of anilines is 2. The Morgan fingerprint density at radius 2 is 2.33 bits per heavy atom. The van der Waals surface area contributed by atoms with Gasteiger partial charge in [0, 0.05) is 25.8 Å². The van der Waals surface area contributed by atoms with Crippen molar-refractivity contribution in [2.24, 2.45) is 0 Å². The molecule has 64 valence electrons. The number of rotatable bonds is 0. The van der Waals surface area contributed by atoms with E-state index in [4.69, 9.17) is 0 Å². The number of fused-ring (bicyclic) bond motifs is 1. The predicted octanol–water partition coefficient (Wildman–Crippen LogP) is 1.25. The van der Waals surface area contributed by atoms with Crippen molar-refractivity contribution in [3.05, 3.63) is 17.8 Å². The summed E-state index contributed by atoms with van der Waals surface area (Å²) in [5.41, 5.74) is 2.27. The van der Waals surface area contributed by atoms with Crippen LogP contribution in [0.5, 0.6) is 0 Å². The minimum absolute atomic E-state index is 0.986. The van der Waals surface area contributed by atoms with Gasteiger partial charge in [-0.15, -0.1) is 0 Å². The van der Waals surface area contributed by atoms with Gasteiger partial charge in [0.2, 0.25) is 0 Å². The predicted molar refractivity (Wildman–Crippen MR) is 50.7 cm³/mol. The Bertz CT molecular complexity index is 296. The molecule has 1 aromatic heterocycles. The third-order valence-corrected chi connectivity index (χ3v) is 2.16. The summed E-state index contributed by atoms with van der Waals surface area (Å²) in [4.78, 5) is 6.63. The van der Waals surface area contributed by atoms with E-state index in [-0.39, 0.29) is 0 Å². The van der Waals surface area contributed by atoms with Crippen molar-refractivity contribution in [3.63, 3.8) is 0 Å². The molecule has 1 aliphatic heterocycles. The quantitative estimate of drug-likeness (QED) is 0.624. The zero-order valence-electron chi connectivity index (χ0n) is 7.46. The summed E-state index contributed by atoms with van der Waals surface area (Å²) in [6.07, 6.45) is 0. The van der Waals surface area contributed by atoms with E-state index in [9.17, 15) is 0 Å². The molecule has 3 heteroatoms. The van der Waals surface area contributed by atoms with Crippen molar-refractivity contribution in [3.8, 4) is 0 Å². The highest BCUT2D eigenvalue weighted by Gasteiger charge is 2.12. The first-order valence-corrected chi connectivity index (χ1v) is 4.20. The van der Waals surface area contributed by atoms with E-state index in [0.717, 1.165) is 24.6 Å². The molecule has 2 rings (SSSR count). The van der Waals surface area contributed by atoms with Crippen molar-refractivity contribution in [1.29, 1.82) is 0 Å². The fourth-order valence-electron chi connectivity index (χ4n) is 1.45. The standard InChI is InChI=1S/C9H13N3/c1-7-3-4-8-9(11-7)10-5-6-12(8)2/h3-4H,5-6H2,1-2H3,(H,10,11). The molecule has 0 atom stereocenters. The van der Waals surface area contributed by atoms with Crippen LogP contribution in [-0.4, -0.2) is 25.1 Å². The Kier molecular flexibility index (Phi) is 1.64. The molecule has 0 bridgehead atoms. The van der Waals surface area contributed by atoms with Gasteiger partial charge in [-0.2, -0.15) is 0 Å². The maximum absolute atomic E-state index is 4.41. The minimum atomic E-state index is 0.986. The molecule has 1 N–H and O–H groups in total. The minimum Gasteiger partial charge on any atom is -0.370 e. The van der Waals surface area contributed by atoms with Crippen molar-refractivity contribution in [2.75, 3.05) is 30.4 Å². The zero-order valence-corrected chi connectivity index (χ0v) is 7.46. The van der Waals surface area contributed by atoms with E-state index in [0.29, 0.717) is 0 Å². The Hall–Kier alpha value is -1.25. The van der Waals surface area contributed by atoms with Gasteiger partial charge in [0.05, 0.1) is 5.69 Å². The average molecular weight is 163 g/mol. The van der Waals surface area contributed by atoms with Crippen LogP contribution in [0.2, 0.25) is 0 Å². The summed E-state index contributed by atoms with van der Waals surface area (Å²) in [7, 11) is 2.09. The number of hydrogen-bond acceptors (Lipinski definition) is 3. The second-order valence-corrected chi connectivity index (χ2v) is 3.17. The highest BCUT2D eigenvalue weighted by Crippen LogP contribution is 2.25. The van der Waals surface area contributed by atoms with Crippen molar-refractivity contribution in [2.45, 2.75) is 6.92 Å². The number of aryl methyl sites for hydroxylation is 1. The van der Waals surface area contributed by atoms with E-state index in [2.05, 4.69) is 28.3 Å². The molecule has 2 heterocycles. The molecule has 0 aromatic carbocycles. The molecule has 12 heavy (non-hydrogen) atoms. The van der Waals surface area contributed by atoms with Gasteiger partial charge in [0.1, 0.15) is 5.82 Å². The van der Waals surface area contributed by atoms with Crippen LogP contribution in [-0.2, 0) is 0 Å². The summed E-state index contributed by atoms with van der Waals surface area (Å²) in [5, 5.41) is 3.28. The number of nitrogens with zero attached hydrogens (tertiary/aromatic N) is 2. The normalized spacial score (nSPS) is 15.3. The second-order valence-electron chi connectivity index (χ2n) is 3.17. The molecule has 0 saturated heterocycles. The summed E-state index contributed by atoms with van der Waals surface area (Å²) >= 11 is 0. The maximum Gasteiger partial charge on any atom is 0.149 e. The van der Waals surface area contributed by atoms with Gasteiger partial charge < -0.3 is 10.2 Å². The Morgan fingerprint density at radius 1 is 1.50 bits per heavy atom. The molecule has 0 spiro atoms. The van der Waals surface area contributed by atoms with Crippen molar-refractivity contribution in [1.82, 2.24) is 4.98 Å². The lowest BCUT2D eigenvalue weighted by atomic mass is 10.2. The van der Waals surface area contributed by atoms with E-state index in [1.165, 1.54) is 5.69 Å². The molecule has 0 saturated carbocycles. The second kappa shape index (κ2) is 2.66. The number of nitrogens with one attached hydrogen (secondary N) is 1. The van der Waals surface area contributed by atoms with Crippen molar-refractivity contribution >= 4 is 11.5 Å². The summed E-state index contributed by atoms with van der Waals surface area (Å²) < 4.78 is 0. The molecule has 1 aromatic rings. The number of pyridine rings is 1. The lowest BCUT2D eigenvalue weighted by molar-refractivity contribution is 0.871. The highest BCUT2D eigenvalue weighted by molar-refractivity contribution is 5.67. The molecule has 0 aliphatic carbocycles. The molecule has 0 unspecified atom stereocenters. The molecule has 0 amide bonds. The zero-order chi connectivity index (χ0) is 8.55. The molecular weight excluding hydrogens is 150 g/mol. The van der Waals surface area contributed by atoms with E-state index in [1.54, 1.807) is 0 Å². The first kappa shape index (κ1) is 7.40. The van der Waals surface area contributed by atoms with Crippen molar-refractivity contribution < 1.29 is 0 Å². The van der Waals surface area contributed by atoms with Gasteiger partial charge in [-0.3, -0.25) is 0 Å². The fourth-order valence-corrected chi connectivity index (χ4v) is 1.45. The third-order valence-electron chi connectivity index (χ3n) is 2.16. The Morgan fingerprint density at radius 3 is 3.17 bits per heavy atom. The monoisotopic (exact) mass is 163 g/mol. The lowest BCUT2D eigenvalue weighted by Gasteiger charge is -2.27. The van der Waals surface area contributed by atoms with E-state index in [1.807, 2.05) is 13.0 Å². The smallest absolute Gasteiger partial charge is 0.149 e. The fraction of sp³-hybridized carbons (Fsp3) is 0.444. The number of hydrogen-bond donors (Lipinski definition) is 1. The first-order chi connectivity index (χ1) is 5.77. The first-order valence-electron chi connectivity index (χ1n) is 4.20. The van der Waals surface area contributed by atoms with Gasteiger partial charge in [0.15, 0.2) is 0 Å². The summed E-state index contributed by atoms with van der Waals surface area (Å²) in [6.45, 7) is 4.05. The molecule has 0 radical (unpaired) electrons. The Labute approximate surface area is 72.4 Å². The largest absolute Gasteiger partial charge is 0.370 e. The summed E-state index contributed by atoms with van der Waals surface area (Å²) in [6, 6.07) is 4.16. The topological polar surface area (TPSA) is 28.2 Å². The van der Waals surface area contributed by atoms with Gasteiger partial charge in [-0.1, -0.05) is 0 Å². The van der Waals surface area contributed by atoms with Crippen LogP contribution in [0.3, 0.4) is 0 Å². The van der Waals surface area contributed by atoms with Crippen LogP contribution >= 0.6 is 0 Å². The number of likely N-dealkylation sites (N-methyl/N-ethyl adjacent to an activating group) is 1. The Balaban J connectivity index is 2.46. The van der Waals surface area contributed by atoms with Crippen LogP contribution in [0.4, 0.5) is 11.5 Å². The molecular formula is C9H13N3. The van der Waals surface area contributed by atoms with Crippen LogP contribution in [0.25, 0.3) is 0 Å². The van der Waals surface area contributed by atoms with Crippen LogP contribution in [0.1, 0.15) is 5.69 Å². The maximum atomic E-state index is 4.41. The van der Waals surface area contributed by atoms with Gasteiger partial charge >= 0.3 is 0 Å². The lowest BCUT2D eigenvalue weighted by Crippen LogP contribution is -2.30. The van der Waals surface area contributed by atoms with Crippen LogP contribution in [0.15, 0.2) is 12.1 Å². The van der Waals surface area contributed by atoms with Gasteiger partial charge in [-0.05, 0) is 19.1 Å². The summed E-state index contributed by atoms with van der Waals surface area (Å²) in [5.74, 6) is 1.02. The highest BCUT2D eigenvalue weighted by atomic mass is 15.2. The average Bonchev–Trinajstić information content (AvgIpc) is 2.04. The van der Waals surface area contributed by atoms with Gasteiger partial charge in [-0.25, -0.2) is 4.98 Å². The van der Waals surface area contributed by atoms with Gasteiger partial charge in [0.25, 0.3) is 0 Å². The molecule has 1 aliphatic rings. The van der Waals surface area contributed by atoms with Crippen LogP contribution in [0, 0.1) is 6.92 Å². The van der Waals surface area contributed by atoms with E-state index >= 15 is 0 Å². The van der Waals surface area contributed by atoms with Crippen LogP contribution < -0.4 is 10.2 Å². The molecule has 0 fully saturated rings. The SMILES string of the molecule is Cc1ccc2c(n1)NCCN2C. The molecule has 3 nitrogen and oxygen atoms in total. The number of aromatic nitrogens is 1.